The van der Waals surface area contributed by atoms with Crippen LogP contribution in [-0.2, 0) is 45.7 Å². The Balaban J connectivity index is -0.0000000654. The minimum Gasteiger partial charge on any atom is -0.810 e. The van der Waals surface area contributed by atoms with Gasteiger partial charge in [-0.2, -0.15) is 0 Å². The number of hydrogen-bond acceptors (Lipinski definition) is 16. The van der Waals surface area contributed by atoms with Crippen molar-refractivity contribution in [1.82, 2.24) is 5.32 Å². The third-order valence-electron chi connectivity index (χ3n) is 2.47. The van der Waals surface area contributed by atoms with E-state index in [0.29, 0.717) is 13.1 Å². The van der Waals surface area contributed by atoms with Crippen molar-refractivity contribution >= 4 is 76.0 Å². The van der Waals surface area contributed by atoms with Gasteiger partial charge in [-0.3, -0.25) is 36.5 Å². The second kappa shape index (κ2) is 34.7. The summed E-state index contributed by atoms with van der Waals surface area (Å²) in [6.07, 6.45) is 0. The van der Waals surface area contributed by atoms with Crippen molar-refractivity contribution in [1.29, 1.82) is 0 Å². The SMILES string of the molecule is NCCNCCN.O=P(O)(O)CP(=O)(O)O.O=P(O)(O)CP(=O)(O)O.O=P(O)(O)CP(=O)(O)O.O=P(O)(O)CP(=O)(O)O.O=P([O-])([O-])CP(=O)([O-])O.[Na+].[Na+].[Na+]. The second-order valence-corrected chi connectivity index (χ2v) is 27.4. The zero-order chi connectivity index (χ0) is 44.1. The smallest absolute Gasteiger partial charge is 0.810 e. The van der Waals surface area contributed by atoms with Crippen LogP contribution in [0.4, 0.5) is 0 Å². The van der Waals surface area contributed by atoms with Gasteiger partial charge in [-0.1, -0.05) is 7.60 Å². The molecule has 46 heteroatoms. The van der Waals surface area contributed by atoms with Crippen molar-refractivity contribution in [3.05, 3.63) is 0 Å². The van der Waals surface area contributed by atoms with Crippen LogP contribution in [0, 0.1) is 0 Å². The first-order valence-electron chi connectivity index (χ1n) is 11.5. The molecule has 324 valence electrons. The van der Waals surface area contributed by atoms with Crippen LogP contribution in [0.25, 0.3) is 0 Å². The van der Waals surface area contributed by atoms with Gasteiger partial charge in [0.1, 0.15) is 7.60 Å². The summed E-state index contributed by atoms with van der Waals surface area (Å²) in [6.45, 7) is 3.13. The van der Waals surface area contributed by atoms with E-state index in [1.165, 1.54) is 0 Å². The summed E-state index contributed by atoms with van der Waals surface area (Å²) in [4.78, 5) is 164. The summed E-state index contributed by atoms with van der Waals surface area (Å²) in [5, 5.41) is 3.03. The predicted molar refractivity (Wildman–Crippen MR) is 169 cm³/mol. The Morgan fingerprint density at radius 3 is 0.527 bits per heavy atom. The molecule has 0 aromatic rings. The van der Waals surface area contributed by atoms with Crippen LogP contribution < -0.4 is 120 Å². The van der Waals surface area contributed by atoms with Crippen molar-refractivity contribution in [3.8, 4) is 0 Å². The molecule has 33 nitrogen and oxygen atoms in total. The fraction of sp³-hybridized carbons (Fsp3) is 1.00. The Morgan fingerprint density at radius 1 is 0.345 bits per heavy atom. The van der Waals surface area contributed by atoms with E-state index < -0.39 is 105 Å². The van der Waals surface area contributed by atoms with Crippen LogP contribution in [0.3, 0.4) is 0 Å². The first-order chi connectivity index (χ1) is 21.9. The summed E-state index contributed by atoms with van der Waals surface area (Å²) in [5.74, 6) is -7.21. The molecule has 0 radical (unpaired) electrons. The van der Waals surface area contributed by atoms with Gasteiger partial charge in [0.2, 0.25) is 0 Å². The number of rotatable bonds is 14. The fourth-order valence-corrected chi connectivity index (χ4v) is 10.9. The average Bonchev–Trinajstić information content (AvgIpc) is 2.62. The van der Waals surface area contributed by atoms with E-state index in [9.17, 15) is 60.3 Å². The number of nitrogens with two attached hydrogens (primary N) is 2. The van der Waals surface area contributed by atoms with Crippen LogP contribution in [0.2, 0.25) is 0 Å². The topological polar surface area (TPSA) is 648 Å². The van der Waals surface area contributed by atoms with E-state index in [1.54, 1.807) is 0 Å². The molecule has 0 rings (SSSR count). The van der Waals surface area contributed by atoms with Crippen molar-refractivity contribution in [2.75, 3.05) is 55.7 Å². The quantitative estimate of drug-likeness (QED) is 0.0436. The van der Waals surface area contributed by atoms with Crippen molar-refractivity contribution in [3.63, 3.8) is 0 Å². The molecule has 0 amide bonds. The minimum absolute atomic E-state index is 0. The zero-order valence-corrected chi connectivity index (χ0v) is 43.3. The molecule has 1 unspecified atom stereocenters. The van der Waals surface area contributed by atoms with Gasteiger partial charge in [0.15, 0.2) is 23.6 Å². The van der Waals surface area contributed by atoms with Crippen LogP contribution >= 0.6 is 76.0 Å². The zero-order valence-electron chi connectivity index (χ0n) is 28.4. The molecule has 0 aliphatic carbocycles. The first kappa shape index (κ1) is 79.7. The molecule has 0 spiro atoms. The van der Waals surface area contributed by atoms with Gasteiger partial charge in [0.05, 0.1) is 0 Å². The van der Waals surface area contributed by atoms with E-state index in [0.717, 1.165) is 13.1 Å². The third kappa shape index (κ3) is 126. The van der Waals surface area contributed by atoms with E-state index in [4.69, 9.17) is 94.7 Å². The van der Waals surface area contributed by atoms with Crippen molar-refractivity contribution in [2.45, 2.75) is 0 Å². The van der Waals surface area contributed by atoms with Gasteiger partial charge in [-0.05, 0) is 0 Å². The monoisotopic (exact) mass is 1050 g/mol. The maximum atomic E-state index is 9.85. The van der Waals surface area contributed by atoms with Crippen molar-refractivity contribution in [2.24, 2.45) is 11.5 Å². The summed E-state index contributed by atoms with van der Waals surface area (Å²) < 4.78 is 98.0. The van der Waals surface area contributed by atoms with Crippen LogP contribution in [-0.4, -0.2) is 139 Å². The molecule has 0 heterocycles. The largest absolute Gasteiger partial charge is 1.00 e. The maximum absolute atomic E-state index is 9.85. The molecule has 55 heavy (non-hydrogen) atoms. The predicted octanol–water partition coefficient (Wildman–Crippen LogP) is -15.9. The standard InChI is InChI=1S/C4H13N3.5CH6O6P2.3Na/c5-1-3-7-4-2-6;5*2-8(3,4)1-9(5,6)7;;;/h7H,1-6H2;5*1H2,(H2,2,3,4)(H2,5,6,7);;;/q;;;;;;3*+1/p-3. The Kier molecular flexibility index (Phi) is 50.4. The molecule has 0 aromatic heterocycles. The maximum Gasteiger partial charge on any atom is 1.00 e. The van der Waals surface area contributed by atoms with Gasteiger partial charge < -0.3 is 124 Å². The summed E-state index contributed by atoms with van der Waals surface area (Å²) in [6, 6.07) is 0. The second-order valence-electron chi connectivity index (χ2n) is 8.60. The van der Waals surface area contributed by atoms with E-state index in [2.05, 4.69) is 5.32 Å². The Bertz CT molecular complexity index is 1120. The van der Waals surface area contributed by atoms with Crippen LogP contribution in [0.5, 0.6) is 0 Å². The molecular weight excluding hydrogens is 1010 g/mol. The van der Waals surface area contributed by atoms with Gasteiger partial charge in [0.25, 0.3) is 0 Å². The normalized spacial score (nSPS) is 13.3. The molecule has 0 fully saturated rings. The van der Waals surface area contributed by atoms with Gasteiger partial charge >= 0.3 is 149 Å². The summed E-state index contributed by atoms with van der Waals surface area (Å²) >= 11 is 0. The van der Waals surface area contributed by atoms with E-state index >= 15 is 0 Å². The molecule has 0 saturated carbocycles. The number of hydrogen-bond donors (Lipinski definition) is 20. The Morgan fingerprint density at radius 2 is 0.491 bits per heavy atom. The molecule has 22 N–H and O–H groups in total. The molecule has 0 aromatic carbocycles. The third-order valence-corrected chi connectivity index (χ3v) is 17.1. The average molecular weight is 1050 g/mol. The van der Waals surface area contributed by atoms with E-state index in [-0.39, 0.29) is 88.7 Å². The Labute approximate surface area is 377 Å². The van der Waals surface area contributed by atoms with Crippen LogP contribution in [0.1, 0.15) is 0 Å². The van der Waals surface area contributed by atoms with Gasteiger partial charge in [0, 0.05) is 32.1 Å². The molecule has 0 aliphatic rings. The number of nitrogens with one attached hydrogen (secondary N) is 1. The van der Waals surface area contributed by atoms with E-state index in [1.807, 2.05) is 0 Å². The molecule has 0 saturated heterocycles. The molecular formula is C9H40N3Na3O30P10. The van der Waals surface area contributed by atoms with Gasteiger partial charge in [-0.25, -0.2) is 0 Å². The van der Waals surface area contributed by atoms with Crippen LogP contribution in [0.15, 0.2) is 0 Å². The van der Waals surface area contributed by atoms with Crippen molar-refractivity contribution < 1.29 is 232 Å². The molecule has 0 aliphatic heterocycles. The van der Waals surface area contributed by atoms with Gasteiger partial charge in [-0.15, -0.1) is 0 Å². The summed E-state index contributed by atoms with van der Waals surface area (Å²) in [5.41, 5.74) is 10.3. The fourth-order valence-electron chi connectivity index (χ4n) is 1.51. The molecule has 0 bridgehead atoms. The first-order valence-corrected chi connectivity index (χ1v) is 29.3. The molecule has 1 atom stereocenters. The Hall–Kier alpha value is 4.38. The summed E-state index contributed by atoms with van der Waals surface area (Å²) in [7, 11) is -46.4. The minimum atomic E-state index is -5.11.